The molecule has 0 unspecified atom stereocenters. The van der Waals surface area contributed by atoms with Crippen molar-refractivity contribution in [1.29, 1.82) is 0 Å². The zero-order valence-corrected chi connectivity index (χ0v) is 21.7. The summed E-state index contributed by atoms with van der Waals surface area (Å²) in [5.41, 5.74) is 2.69. The molecule has 1 aliphatic carbocycles. The molecule has 0 saturated heterocycles. The molecule has 0 spiro atoms. The van der Waals surface area contributed by atoms with E-state index < -0.39 is 21.9 Å². The fourth-order valence-corrected chi connectivity index (χ4v) is 6.53. The molecule has 35 heavy (non-hydrogen) atoms. The summed E-state index contributed by atoms with van der Waals surface area (Å²) in [7, 11) is -3.81. The number of halogens is 1. The number of amides is 1. The average molecular weight is 533 g/mol. The largest absolute Gasteiger partial charge is 0.462 e. The summed E-state index contributed by atoms with van der Waals surface area (Å²) in [6.45, 7) is 3.85. The van der Waals surface area contributed by atoms with E-state index in [2.05, 4.69) is 10.0 Å². The first kappa shape index (κ1) is 25.2. The van der Waals surface area contributed by atoms with Gasteiger partial charge in [0.15, 0.2) is 0 Å². The van der Waals surface area contributed by atoms with E-state index in [1.165, 1.54) is 41.7 Å². The van der Waals surface area contributed by atoms with Gasteiger partial charge in [-0.2, -0.15) is 0 Å². The molecule has 1 aromatic heterocycles. The Morgan fingerprint density at radius 3 is 2.49 bits per heavy atom. The lowest BCUT2D eigenvalue weighted by Gasteiger charge is -2.13. The van der Waals surface area contributed by atoms with Gasteiger partial charge in [-0.1, -0.05) is 29.3 Å². The lowest BCUT2D eigenvalue weighted by molar-refractivity contribution is 0.0526. The number of aryl methyl sites for hydroxylation is 2. The molecule has 2 N–H and O–H groups in total. The van der Waals surface area contributed by atoms with Crippen LogP contribution >= 0.6 is 22.9 Å². The van der Waals surface area contributed by atoms with Crippen LogP contribution in [0.25, 0.3) is 0 Å². The van der Waals surface area contributed by atoms with Gasteiger partial charge >= 0.3 is 5.97 Å². The van der Waals surface area contributed by atoms with Crippen LogP contribution in [0.15, 0.2) is 47.4 Å². The Bertz CT molecular complexity index is 1380. The molecule has 0 fully saturated rings. The van der Waals surface area contributed by atoms with Crippen molar-refractivity contribution in [2.24, 2.45) is 0 Å². The highest BCUT2D eigenvalue weighted by atomic mass is 35.5. The van der Waals surface area contributed by atoms with Crippen LogP contribution in [0.4, 0.5) is 10.7 Å². The van der Waals surface area contributed by atoms with Crippen LogP contribution in [-0.2, 0) is 27.6 Å². The van der Waals surface area contributed by atoms with Gasteiger partial charge < -0.3 is 10.1 Å². The van der Waals surface area contributed by atoms with Crippen molar-refractivity contribution >= 4 is 55.5 Å². The second kappa shape index (κ2) is 10.4. The molecule has 0 aliphatic heterocycles. The van der Waals surface area contributed by atoms with Crippen LogP contribution in [0.2, 0.25) is 5.02 Å². The number of carbonyl (C=O) groups is 2. The van der Waals surface area contributed by atoms with E-state index in [1.807, 2.05) is 6.92 Å². The Morgan fingerprint density at radius 2 is 1.80 bits per heavy atom. The molecule has 1 aliphatic rings. The molecular formula is C25H25ClN2O5S2. The Hall–Kier alpha value is -2.88. The number of anilines is 2. The smallest absolute Gasteiger partial charge is 0.341 e. The van der Waals surface area contributed by atoms with Crippen molar-refractivity contribution in [3.8, 4) is 0 Å². The van der Waals surface area contributed by atoms with Gasteiger partial charge in [-0.15, -0.1) is 11.3 Å². The van der Waals surface area contributed by atoms with Gasteiger partial charge in [-0.3, -0.25) is 9.52 Å². The predicted molar refractivity (Wildman–Crippen MR) is 138 cm³/mol. The number of sulfonamides is 1. The zero-order chi connectivity index (χ0) is 25.2. The van der Waals surface area contributed by atoms with Crippen LogP contribution < -0.4 is 10.0 Å². The van der Waals surface area contributed by atoms with E-state index >= 15 is 0 Å². The van der Waals surface area contributed by atoms with Crippen molar-refractivity contribution in [2.45, 2.75) is 44.4 Å². The first-order chi connectivity index (χ1) is 16.7. The van der Waals surface area contributed by atoms with Crippen LogP contribution in [0, 0.1) is 6.92 Å². The van der Waals surface area contributed by atoms with E-state index in [4.69, 9.17) is 16.3 Å². The number of benzene rings is 2. The van der Waals surface area contributed by atoms with Crippen molar-refractivity contribution in [2.75, 3.05) is 16.6 Å². The van der Waals surface area contributed by atoms with Gasteiger partial charge in [0.25, 0.3) is 15.9 Å². The number of carbonyl (C=O) groups excluding carboxylic acids is 2. The normalized spacial score (nSPS) is 13.1. The maximum atomic E-state index is 13.1. The topological polar surface area (TPSA) is 102 Å². The van der Waals surface area contributed by atoms with Gasteiger partial charge in [0.05, 0.1) is 33.3 Å². The minimum absolute atomic E-state index is 0.0746. The van der Waals surface area contributed by atoms with Crippen molar-refractivity contribution in [1.82, 2.24) is 0 Å². The molecule has 4 rings (SSSR count). The first-order valence-corrected chi connectivity index (χ1v) is 13.9. The van der Waals surface area contributed by atoms with Crippen molar-refractivity contribution in [3.63, 3.8) is 0 Å². The maximum Gasteiger partial charge on any atom is 0.341 e. The number of thiophene rings is 1. The number of rotatable bonds is 7. The molecular weight excluding hydrogens is 508 g/mol. The molecule has 10 heteroatoms. The van der Waals surface area contributed by atoms with Gasteiger partial charge in [0.2, 0.25) is 0 Å². The van der Waals surface area contributed by atoms with E-state index in [0.29, 0.717) is 10.6 Å². The fourth-order valence-electron chi connectivity index (χ4n) is 3.94. The molecule has 0 saturated carbocycles. The van der Waals surface area contributed by atoms with E-state index in [1.54, 1.807) is 19.1 Å². The van der Waals surface area contributed by atoms with Crippen LogP contribution in [0.5, 0.6) is 0 Å². The number of hydrogen-bond acceptors (Lipinski definition) is 6. The van der Waals surface area contributed by atoms with E-state index in [9.17, 15) is 18.0 Å². The number of hydrogen-bond donors (Lipinski definition) is 2. The number of ether oxygens (including phenoxy) is 1. The Labute approximate surface area is 213 Å². The van der Waals surface area contributed by atoms with Gasteiger partial charge in [-0.25, -0.2) is 13.2 Å². The quantitative estimate of drug-likeness (QED) is 0.373. The first-order valence-electron chi connectivity index (χ1n) is 11.2. The molecule has 184 valence electrons. The zero-order valence-electron chi connectivity index (χ0n) is 19.3. The van der Waals surface area contributed by atoms with E-state index in [0.717, 1.165) is 41.7 Å². The van der Waals surface area contributed by atoms with Crippen molar-refractivity contribution in [3.05, 3.63) is 74.6 Å². The third kappa shape index (κ3) is 5.52. The van der Waals surface area contributed by atoms with Crippen LogP contribution in [-0.4, -0.2) is 26.9 Å². The number of esters is 1. The predicted octanol–water partition coefficient (Wildman–Crippen LogP) is 5.82. The highest BCUT2D eigenvalue weighted by molar-refractivity contribution is 7.92. The van der Waals surface area contributed by atoms with Crippen LogP contribution in [0.3, 0.4) is 0 Å². The number of nitrogens with one attached hydrogen (secondary N) is 2. The second-order valence-corrected chi connectivity index (χ2v) is 11.4. The highest BCUT2D eigenvalue weighted by Crippen LogP contribution is 2.39. The van der Waals surface area contributed by atoms with Gasteiger partial charge in [0, 0.05) is 4.88 Å². The maximum absolute atomic E-state index is 13.1. The lowest BCUT2D eigenvalue weighted by atomic mass is 9.95. The Morgan fingerprint density at radius 1 is 1.09 bits per heavy atom. The van der Waals surface area contributed by atoms with Crippen LogP contribution in [0.1, 0.15) is 56.5 Å². The molecule has 3 aromatic rings. The number of fused-ring (bicyclic) bond motifs is 1. The summed E-state index contributed by atoms with van der Waals surface area (Å²) in [6.07, 6.45) is 3.65. The molecule has 1 heterocycles. The molecule has 1 amide bonds. The monoisotopic (exact) mass is 532 g/mol. The molecule has 0 radical (unpaired) electrons. The fraction of sp³-hybridized carbons (Fsp3) is 0.280. The SMILES string of the molecule is CCOC(=O)c1c(NC(=O)c2ccc(NS(=O)(=O)c3ccc(C)cc3)cc2Cl)sc2c1CCCC2. The molecule has 0 bridgehead atoms. The summed E-state index contributed by atoms with van der Waals surface area (Å²) in [4.78, 5) is 26.9. The standard InChI is InChI=1S/C25H25ClN2O5S2/c1-3-33-25(30)22-19-6-4-5-7-21(19)34-24(22)27-23(29)18-13-10-16(14-20(18)26)28-35(31,32)17-11-8-15(2)9-12-17/h8-14,28H,3-7H2,1-2H3,(H,27,29). The van der Waals surface area contributed by atoms with E-state index in [-0.39, 0.29) is 27.8 Å². The molecule has 0 atom stereocenters. The van der Waals surface area contributed by atoms with Gasteiger partial charge in [-0.05, 0) is 75.4 Å². The second-order valence-electron chi connectivity index (χ2n) is 8.20. The third-order valence-corrected chi connectivity index (χ3v) is 8.59. The van der Waals surface area contributed by atoms with Crippen molar-refractivity contribution < 1.29 is 22.7 Å². The minimum atomic E-state index is -3.81. The Balaban J connectivity index is 1.56. The summed E-state index contributed by atoms with van der Waals surface area (Å²) in [5.74, 6) is -0.943. The summed E-state index contributed by atoms with van der Waals surface area (Å²) < 4.78 is 33.0. The summed E-state index contributed by atoms with van der Waals surface area (Å²) in [5, 5.41) is 3.34. The average Bonchev–Trinajstić information content (AvgIpc) is 3.17. The highest BCUT2D eigenvalue weighted by Gasteiger charge is 2.28. The summed E-state index contributed by atoms with van der Waals surface area (Å²) in [6, 6.07) is 10.8. The summed E-state index contributed by atoms with van der Waals surface area (Å²) >= 11 is 7.74. The molecule has 2 aromatic carbocycles. The third-order valence-electron chi connectivity index (χ3n) is 5.68. The Kier molecular flexibility index (Phi) is 7.49. The lowest BCUT2D eigenvalue weighted by Crippen LogP contribution is -2.16. The molecule has 7 nitrogen and oxygen atoms in total. The van der Waals surface area contributed by atoms with Gasteiger partial charge in [0.1, 0.15) is 5.00 Å². The minimum Gasteiger partial charge on any atom is -0.462 e.